The lowest BCUT2D eigenvalue weighted by Crippen LogP contribution is -2.60. The number of halogens is 1. The topological polar surface area (TPSA) is 135 Å². The summed E-state index contributed by atoms with van der Waals surface area (Å²) in [6.07, 6.45) is 3.95. The minimum Gasteiger partial charge on any atom is -0.495 e. The summed E-state index contributed by atoms with van der Waals surface area (Å²) < 4.78 is 17.5. The van der Waals surface area contributed by atoms with Crippen LogP contribution in [0.1, 0.15) is 77.5 Å². The van der Waals surface area contributed by atoms with Crippen LogP contribution in [0, 0.1) is 17.3 Å². The summed E-state index contributed by atoms with van der Waals surface area (Å²) in [6.45, 7) is 9.47. The highest BCUT2D eigenvalue weighted by Crippen LogP contribution is 2.50. The molecule has 2 aliphatic heterocycles. The zero-order valence-corrected chi connectivity index (χ0v) is 29.8. The first-order valence-electron chi connectivity index (χ1n) is 17.1. The van der Waals surface area contributed by atoms with E-state index in [9.17, 15) is 19.2 Å². The molecule has 0 aromatic heterocycles. The van der Waals surface area contributed by atoms with Gasteiger partial charge in [0.25, 0.3) is 0 Å². The van der Waals surface area contributed by atoms with Crippen molar-refractivity contribution in [3.05, 3.63) is 76.8 Å². The normalized spacial score (nSPS) is 28.1. The number of carbonyl (C=O) groups excluding carboxylic acids is 4. The summed E-state index contributed by atoms with van der Waals surface area (Å²) in [5.74, 6) is -1.43. The Bertz CT molecular complexity index is 1570. The number of methoxy groups -OCH3 is 1. The molecule has 2 fully saturated rings. The fourth-order valence-electron chi connectivity index (χ4n) is 6.65. The molecule has 1 aliphatic carbocycles. The number of cyclic esters (lactones) is 1. The fourth-order valence-corrected chi connectivity index (χ4v) is 6.93. The smallest absolute Gasteiger partial charge is 0.328 e. The van der Waals surface area contributed by atoms with E-state index in [1.807, 2.05) is 51.1 Å². The Balaban J connectivity index is 1.44. The molecule has 1 spiro atoms. The lowest BCUT2D eigenvalue weighted by molar-refractivity contribution is -0.157. The first kappa shape index (κ1) is 36.4. The number of nitrogens with one attached hydrogen (secondary N) is 3. The lowest BCUT2D eigenvalue weighted by atomic mass is 9.80. The fraction of sp³-hybridized carbons (Fsp3) is 0.526. The van der Waals surface area contributed by atoms with E-state index >= 15 is 0 Å². The Morgan fingerprint density at radius 1 is 0.980 bits per heavy atom. The third-order valence-corrected chi connectivity index (χ3v) is 10.4. The summed E-state index contributed by atoms with van der Waals surface area (Å²) in [7, 11) is 1.52. The van der Waals surface area contributed by atoms with Crippen molar-refractivity contribution in [2.45, 2.75) is 103 Å². The minimum absolute atomic E-state index is 0.0852. The molecule has 5 rings (SSSR count). The predicted octanol–water partition coefficient (Wildman–Crippen LogP) is 5.23. The van der Waals surface area contributed by atoms with Crippen LogP contribution in [-0.4, -0.2) is 60.6 Å². The highest BCUT2D eigenvalue weighted by Gasteiger charge is 2.60. The molecule has 3 aliphatic rings. The number of rotatable bonds is 8. The van der Waals surface area contributed by atoms with E-state index in [1.165, 1.54) is 13.2 Å². The van der Waals surface area contributed by atoms with Gasteiger partial charge >= 0.3 is 5.97 Å². The molecule has 0 bridgehead atoms. The molecule has 3 N–H and O–H groups in total. The van der Waals surface area contributed by atoms with Crippen molar-refractivity contribution >= 4 is 35.3 Å². The molecule has 3 amide bonds. The van der Waals surface area contributed by atoms with Gasteiger partial charge in [-0.05, 0) is 68.4 Å². The van der Waals surface area contributed by atoms with Crippen molar-refractivity contribution in [2.75, 3.05) is 7.11 Å². The van der Waals surface area contributed by atoms with Crippen molar-refractivity contribution in [1.29, 1.82) is 0 Å². The summed E-state index contributed by atoms with van der Waals surface area (Å²) in [5, 5.41) is 9.32. The number of amides is 3. The second-order valence-corrected chi connectivity index (χ2v) is 14.9. The van der Waals surface area contributed by atoms with Crippen molar-refractivity contribution in [3.63, 3.8) is 0 Å². The number of carbonyl (C=O) groups is 4. The van der Waals surface area contributed by atoms with E-state index in [0.717, 1.165) is 11.1 Å². The van der Waals surface area contributed by atoms with E-state index < -0.39 is 46.9 Å². The number of ether oxygens (including phenoxy) is 3. The zero-order valence-electron chi connectivity index (χ0n) is 29.1. The molecule has 2 heterocycles. The Labute approximate surface area is 293 Å². The van der Waals surface area contributed by atoms with Crippen molar-refractivity contribution < 1.29 is 33.4 Å². The Morgan fingerprint density at radius 3 is 2.33 bits per heavy atom. The average molecular weight is 694 g/mol. The van der Waals surface area contributed by atoms with Crippen LogP contribution in [0.25, 0.3) is 0 Å². The van der Waals surface area contributed by atoms with Gasteiger partial charge in [-0.2, -0.15) is 0 Å². The van der Waals surface area contributed by atoms with Crippen molar-refractivity contribution in [2.24, 2.45) is 17.3 Å². The van der Waals surface area contributed by atoms with Gasteiger partial charge in [-0.15, -0.1) is 0 Å². The van der Waals surface area contributed by atoms with E-state index in [4.69, 9.17) is 25.8 Å². The molecule has 10 nitrogen and oxygen atoms in total. The van der Waals surface area contributed by atoms with Crippen LogP contribution in [0.4, 0.5) is 0 Å². The number of benzene rings is 2. The van der Waals surface area contributed by atoms with Gasteiger partial charge in [0, 0.05) is 18.8 Å². The third-order valence-electron chi connectivity index (χ3n) is 10.1. The molecule has 1 saturated carbocycles. The van der Waals surface area contributed by atoms with Gasteiger partial charge in [0.05, 0.1) is 29.2 Å². The lowest BCUT2D eigenvalue weighted by Gasteiger charge is -2.36. The maximum Gasteiger partial charge on any atom is 0.328 e. The van der Waals surface area contributed by atoms with E-state index in [-0.39, 0.29) is 42.8 Å². The van der Waals surface area contributed by atoms with Crippen molar-refractivity contribution in [1.82, 2.24) is 16.0 Å². The highest BCUT2D eigenvalue weighted by molar-refractivity contribution is 6.32. The molecule has 1 saturated heterocycles. The van der Waals surface area contributed by atoms with Crippen LogP contribution in [0.15, 0.2) is 60.7 Å². The Morgan fingerprint density at radius 2 is 1.69 bits per heavy atom. The second-order valence-electron chi connectivity index (χ2n) is 14.5. The summed E-state index contributed by atoms with van der Waals surface area (Å²) in [5.41, 5.74) is -0.177. The summed E-state index contributed by atoms with van der Waals surface area (Å²) >= 11 is 6.38. The number of epoxide rings is 1. The number of hydrogen-bond donors (Lipinski definition) is 3. The highest BCUT2D eigenvalue weighted by atomic mass is 35.5. The van der Waals surface area contributed by atoms with Gasteiger partial charge in [0.2, 0.25) is 17.7 Å². The van der Waals surface area contributed by atoms with Gasteiger partial charge in [-0.3, -0.25) is 14.4 Å². The zero-order chi connectivity index (χ0) is 35.5. The van der Waals surface area contributed by atoms with Gasteiger partial charge in [-0.25, -0.2) is 4.79 Å². The van der Waals surface area contributed by atoms with Crippen LogP contribution < -0.4 is 20.7 Å². The molecule has 264 valence electrons. The molecular formula is C38H48ClN3O7. The van der Waals surface area contributed by atoms with Crippen LogP contribution in [0.5, 0.6) is 5.75 Å². The molecule has 0 radical (unpaired) electrons. The van der Waals surface area contributed by atoms with Crippen LogP contribution >= 0.6 is 11.6 Å². The number of hydrogen-bond acceptors (Lipinski definition) is 7. The first-order valence-corrected chi connectivity index (χ1v) is 17.5. The third kappa shape index (κ3) is 8.47. The van der Waals surface area contributed by atoms with Crippen LogP contribution in [0.2, 0.25) is 5.02 Å². The molecule has 0 unspecified atom stereocenters. The van der Waals surface area contributed by atoms with E-state index in [1.54, 1.807) is 38.1 Å². The molecule has 6 atom stereocenters. The van der Waals surface area contributed by atoms with Gasteiger partial charge in [-0.1, -0.05) is 74.8 Å². The number of esters is 1. The Hall–Kier alpha value is -3.89. The average Bonchev–Trinajstić information content (AvgIpc) is 3.99. The second kappa shape index (κ2) is 14.9. The van der Waals surface area contributed by atoms with E-state index in [0.29, 0.717) is 30.0 Å². The standard InChI is InChI=1S/C38H48ClN3O7/c1-22(2)19-28-35(45)48-29(23(3)32-33(49-32)25-11-8-7-9-12-25)13-10-14-31(43)40-27(21-24-15-16-30(47-6)26(39)20-24)34(44)42-38(17-18-38)37(4,5)36(46)41-28/h7-12,14-16,20,22-23,27-29,32-33H,13,17-19,21H2,1-6H3,(H,40,43)(H,41,46)(H,42,44)/b14-10+/t23-,27+,28-,29-,32+,33+/m0/s1. The summed E-state index contributed by atoms with van der Waals surface area (Å²) in [4.78, 5) is 55.0. The Kier molecular flexibility index (Phi) is 11.1. The SMILES string of the molecule is COc1ccc(C[C@H]2NC(=O)/C=C/C[C@@H]([C@H](C)[C@H]3O[C@@H]3c3ccccc3)OC(=O)[C@H](CC(C)C)NC(=O)C(C)(C)C3(CC3)NC2=O)cc1Cl. The molecule has 2 aromatic rings. The monoisotopic (exact) mass is 693 g/mol. The van der Waals surface area contributed by atoms with Crippen LogP contribution in [0.3, 0.4) is 0 Å². The summed E-state index contributed by atoms with van der Waals surface area (Å²) in [6, 6.07) is 13.2. The predicted molar refractivity (Wildman–Crippen MR) is 186 cm³/mol. The van der Waals surface area contributed by atoms with Crippen LogP contribution in [-0.2, 0) is 35.1 Å². The molecule has 2 aromatic carbocycles. The van der Waals surface area contributed by atoms with Gasteiger partial charge < -0.3 is 30.2 Å². The molecular weight excluding hydrogens is 646 g/mol. The van der Waals surface area contributed by atoms with E-state index in [2.05, 4.69) is 16.0 Å². The maximum atomic E-state index is 14.0. The van der Waals surface area contributed by atoms with Gasteiger partial charge in [0.1, 0.15) is 30.0 Å². The first-order chi connectivity index (χ1) is 23.2. The quantitative estimate of drug-likeness (QED) is 0.255. The largest absolute Gasteiger partial charge is 0.495 e. The molecule has 49 heavy (non-hydrogen) atoms. The minimum atomic E-state index is -1.08. The van der Waals surface area contributed by atoms with Gasteiger partial charge in [0.15, 0.2) is 0 Å². The molecule has 11 heteroatoms. The maximum absolute atomic E-state index is 14.0. The van der Waals surface area contributed by atoms with Crippen molar-refractivity contribution in [3.8, 4) is 5.75 Å².